The van der Waals surface area contributed by atoms with Gasteiger partial charge in [-0.1, -0.05) is 71.0 Å². The number of amidine groups is 1. The first-order valence-electron chi connectivity index (χ1n) is 8.58. The summed E-state index contributed by atoms with van der Waals surface area (Å²) in [6.45, 7) is 2.03. The molecule has 2 aliphatic rings. The van der Waals surface area contributed by atoms with Crippen molar-refractivity contribution in [2.45, 2.75) is 13.1 Å². The molecule has 0 aliphatic carbocycles. The number of carbonyl (C=O) groups excluding carboxylic acids is 1. The van der Waals surface area contributed by atoms with E-state index in [9.17, 15) is 4.79 Å². The molecule has 0 radical (unpaired) electrons. The highest BCUT2D eigenvalue weighted by atomic mass is 79.9. The third kappa shape index (κ3) is 3.70. The summed E-state index contributed by atoms with van der Waals surface area (Å²) < 4.78 is 0.896. The molecular weight excluding hydrogens is 424 g/mol. The van der Waals surface area contributed by atoms with Crippen molar-refractivity contribution in [3.8, 4) is 0 Å². The average Bonchev–Trinajstić information content (AvgIpc) is 2.67. The van der Waals surface area contributed by atoms with Crippen LogP contribution >= 0.6 is 27.7 Å². The van der Waals surface area contributed by atoms with Gasteiger partial charge in [0.05, 0.1) is 5.36 Å². The van der Waals surface area contributed by atoms with E-state index in [1.807, 2.05) is 67.6 Å². The second-order valence-electron chi connectivity index (χ2n) is 5.96. The fraction of sp³-hybridized carbons (Fsp3) is 0.150. The van der Waals surface area contributed by atoms with Crippen molar-refractivity contribution in [1.82, 2.24) is 10.3 Å². The molecule has 5 nitrogen and oxygen atoms in total. The number of nitrogens with zero attached hydrogens (tertiary/aromatic N) is 3. The molecule has 0 fully saturated rings. The normalized spacial score (nSPS) is 18.5. The maximum Gasteiger partial charge on any atom is 0.276 e. The summed E-state index contributed by atoms with van der Waals surface area (Å²) in [5.41, 5.74) is 1.59. The number of rotatable bonds is 3. The van der Waals surface area contributed by atoms with E-state index in [2.05, 4.69) is 26.3 Å². The molecule has 0 bridgehead atoms. The Morgan fingerprint density at radius 3 is 2.85 bits per heavy atom. The number of amides is 1. The van der Waals surface area contributed by atoms with Gasteiger partial charge in [0.15, 0.2) is 11.3 Å². The second-order valence-corrected chi connectivity index (χ2v) is 8.13. The van der Waals surface area contributed by atoms with Crippen LogP contribution in [0.4, 0.5) is 0 Å². The number of hydrogen-bond donors (Lipinski definition) is 1. The lowest BCUT2D eigenvalue weighted by atomic mass is 10.1. The molecule has 27 heavy (non-hydrogen) atoms. The van der Waals surface area contributed by atoms with Crippen LogP contribution in [-0.4, -0.2) is 28.0 Å². The summed E-state index contributed by atoms with van der Waals surface area (Å²) in [6, 6.07) is 15.8. The molecule has 0 unspecified atom stereocenters. The second kappa shape index (κ2) is 7.70. The van der Waals surface area contributed by atoms with Gasteiger partial charge in [-0.25, -0.2) is 5.01 Å². The fourth-order valence-corrected chi connectivity index (χ4v) is 3.91. The largest absolute Gasteiger partial charge is 0.298 e. The first kappa shape index (κ1) is 18.0. The Bertz CT molecular complexity index is 1070. The van der Waals surface area contributed by atoms with Crippen LogP contribution in [0.5, 0.6) is 0 Å². The number of carbonyl (C=O) groups is 1. The van der Waals surface area contributed by atoms with E-state index in [0.29, 0.717) is 10.9 Å². The minimum Gasteiger partial charge on any atom is -0.298 e. The minimum absolute atomic E-state index is 0.159. The third-order valence-corrected chi connectivity index (χ3v) is 5.38. The zero-order chi connectivity index (χ0) is 18.8. The first-order valence-corrected chi connectivity index (χ1v) is 10.4. The third-order valence-electron chi connectivity index (χ3n) is 4.14. The lowest BCUT2D eigenvalue weighted by Crippen LogP contribution is -2.52. The van der Waals surface area contributed by atoms with Gasteiger partial charge in [-0.3, -0.25) is 15.1 Å². The van der Waals surface area contributed by atoms with Crippen LogP contribution in [0.3, 0.4) is 0 Å². The lowest BCUT2D eigenvalue weighted by Gasteiger charge is -2.32. The topological polar surface area (TPSA) is 57.1 Å². The Balaban J connectivity index is 1.84. The Morgan fingerprint density at radius 2 is 2.07 bits per heavy atom. The summed E-state index contributed by atoms with van der Waals surface area (Å²) >= 11 is 4.98. The van der Waals surface area contributed by atoms with Gasteiger partial charge in [-0.05, 0) is 35.6 Å². The monoisotopic (exact) mass is 440 g/mol. The molecule has 2 aromatic carbocycles. The van der Waals surface area contributed by atoms with Crippen LogP contribution in [0.25, 0.3) is 11.8 Å². The van der Waals surface area contributed by atoms with Gasteiger partial charge >= 0.3 is 0 Å². The Kier molecular flexibility index (Phi) is 5.13. The molecule has 2 aliphatic heterocycles. The number of fused-ring (bicyclic) bond motifs is 2. The number of halogens is 1. The summed E-state index contributed by atoms with van der Waals surface area (Å²) in [4.78, 5) is 17.7. The highest BCUT2D eigenvalue weighted by molar-refractivity contribution is 9.10. The molecule has 1 atom stereocenters. The van der Waals surface area contributed by atoms with Gasteiger partial charge in [-0.15, -0.1) is 5.10 Å². The van der Waals surface area contributed by atoms with Gasteiger partial charge in [-0.2, -0.15) is 0 Å². The molecule has 7 heteroatoms. The van der Waals surface area contributed by atoms with Crippen molar-refractivity contribution in [2.75, 3.05) is 5.75 Å². The summed E-state index contributed by atoms with van der Waals surface area (Å²) in [6.07, 6.45) is 3.59. The highest BCUT2D eigenvalue weighted by Crippen LogP contribution is 2.22. The zero-order valence-corrected chi connectivity index (χ0v) is 17.0. The lowest BCUT2D eigenvalue weighted by molar-refractivity contribution is -0.116. The van der Waals surface area contributed by atoms with Crippen molar-refractivity contribution in [2.24, 2.45) is 10.1 Å². The average molecular weight is 441 g/mol. The number of thioether (sulfide) groups is 1. The maximum absolute atomic E-state index is 12.8. The minimum atomic E-state index is -0.382. The SMILES string of the molecule is CCSC1=NN2C(=c3cc(Br)ccc3=N[C@H]2/C=C/c2ccccc2)C(=O)N1. The van der Waals surface area contributed by atoms with Crippen LogP contribution in [0.2, 0.25) is 0 Å². The summed E-state index contributed by atoms with van der Waals surface area (Å²) in [5.74, 6) is 0.667. The zero-order valence-electron chi connectivity index (χ0n) is 14.6. The van der Waals surface area contributed by atoms with Gasteiger partial charge in [0, 0.05) is 9.69 Å². The standard InChI is InChI=1S/C20H17BrN4OS/c1-2-27-20-23-19(26)18-15-12-14(21)9-10-16(15)22-17(25(18)24-20)11-8-13-6-4-3-5-7-13/h3-12,17H,2H2,1H3,(H,23,24,26)/b11-8+/t17-/m1/s1. The molecule has 0 aromatic heterocycles. The Labute approximate surface area is 169 Å². The van der Waals surface area contributed by atoms with E-state index in [4.69, 9.17) is 4.99 Å². The van der Waals surface area contributed by atoms with E-state index < -0.39 is 0 Å². The quantitative estimate of drug-likeness (QED) is 0.797. The molecule has 4 rings (SSSR count). The van der Waals surface area contributed by atoms with E-state index in [1.54, 1.807) is 5.01 Å². The number of hydrazone groups is 1. The van der Waals surface area contributed by atoms with Crippen LogP contribution in [-0.2, 0) is 4.79 Å². The van der Waals surface area contributed by atoms with Gasteiger partial charge in [0.2, 0.25) is 0 Å². The summed E-state index contributed by atoms with van der Waals surface area (Å²) in [5, 5.41) is 11.4. The van der Waals surface area contributed by atoms with Crippen molar-refractivity contribution in [1.29, 1.82) is 0 Å². The number of hydrogen-bond acceptors (Lipinski definition) is 5. The van der Waals surface area contributed by atoms with Crippen molar-refractivity contribution >= 4 is 50.5 Å². The molecule has 1 N–H and O–H groups in total. The van der Waals surface area contributed by atoms with Gasteiger partial charge in [0.1, 0.15) is 5.70 Å². The molecule has 1 amide bonds. The smallest absolute Gasteiger partial charge is 0.276 e. The van der Waals surface area contributed by atoms with Crippen molar-refractivity contribution in [3.63, 3.8) is 0 Å². The molecule has 2 heterocycles. The Morgan fingerprint density at radius 1 is 1.26 bits per heavy atom. The van der Waals surface area contributed by atoms with Gasteiger partial charge in [0.25, 0.3) is 5.91 Å². The van der Waals surface area contributed by atoms with Crippen LogP contribution < -0.4 is 15.9 Å². The van der Waals surface area contributed by atoms with E-state index in [1.165, 1.54) is 11.8 Å². The van der Waals surface area contributed by atoms with E-state index in [0.717, 1.165) is 26.4 Å². The molecule has 0 spiro atoms. The Hall–Kier alpha value is -2.38. The molecule has 0 saturated carbocycles. The highest BCUT2D eigenvalue weighted by Gasteiger charge is 2.32. The predicted molar refractivity (Wildman–Crippen MR) is 113 cm³/mol. The van der Waals surface area contributed by atoms with Crippen LogP contribution in [0.1, 0.15) is 12.5 Å². The maximum atomic E-state index is 12.8. The van der Waals surface area contributed by atoms with Crippen LogP contribution in [0.15, 0.2) is 69.2 Å². The molecule has 2 aromatic rings. The first-order chi connectivity index (χ1) is 13.2. The van der Waals surface area contributed by atoms with Crippen molar-refractivity contribution in [3.05, 3.63) is 75.2 Å². The van der Waals surface area contributed by atoms with Crippen molar-refractivity contribution < 1.29 is 4.79 Å². The number of benzene rings is 2. The number of nitrogens with one attached hydrogen (secondary N) is 1. The fourth-order valence-electron chi connectivity index (χ4n) is 2.97. The summed E-state index contributed by atoms with van der Waals surface area (Å²) in [7, 11) is 0. The van der Waals surface area contributed by atoms with E-state index >= 15 is 0 Å². The predicted octanol–water partition coefficient (Wildman–Crippen LogP) is 2.69. The van der Waals surface area contributed by atoms with E-state index in [-0.39, 0.29) is 12.1 Å². The molecule has 136 valence electrons. The van der Waals surface area contributed by atoms with Gasteiger partial charge < -0.3 is 0 Å². The molecular formula is C20H17BrN4OS. The molecule has 0 saturated heterocycles. The van der Waals surface area contributed by atoms with Crippen LogP contribution in [0, 0.1) is 0 Å².